The van der Waals surface area contributed by atoms with Gasteiger partial charge in [0.15, 0.2) is 0 Å². The largest absolute Gasteiger partial charge is 0.272 e. The number of hydrazone groups is 1. The first kappa shape index (κ1) is 17.1. The molecule has 20 heavy (non-hydrogen) atoms. The van der Waals surface area contributed by atoms with Crippen LogP contribution in [0.3, 0.4) is 0 Å². The fraction of sp³-hybridized carbons (Fsp3) is 0.467. The lowest BCUT2D eigenvalue weighted by atomic mass is 10.2. The van der Waals surface area contributed by atoms with Gasteiger partial charge in [0.1, 0.15) is 0 Å². The Morgan fingerprint density at radius 3 is 2.85 bits per heavy atom. The number of amides is 1. The maximum Gasteiger partial charge on any atom is 0.250 e. The molecule has 0 aliphatic carbocycles. The van der Waals surface area contributed by atoms with Gasteiger partial charge in [0.2, 0.25) is 5.91 Å². The summed E-state index contributed by atoms with van der Waals surface area (Å²) < 4.78 is 0. The molecule has 1 N–H and O–H groups in total. The van der Waals surface area contributed by atoms with E-state index >= 15 is 0 Å². The van der Waals surface area contributed by atoms with Gasteiger partial charge in [0.25, 0.3) is 0 Å². The normalized spacial score (nSPS) is 11.4. The monoisotopic (exact) mass is 312 g/mol. The lowest BCUT2D eigenvalue weighted by Crippen LogP contribution is -2.21. The summed E-state index contributed by atoms with van der Waals surface area (Å²) >= 11 is 7.59. The molecule has 0 unspecified atom stereocenters. The quantitative estimate of drug-likeness (QED) is 0.576. The van der Waals surface area contributed by atoms with E-state index < -0.39 is 0 Å². The third-order valence-corrected chi connectivity index (χ3v) is 4.06. The minimum Gasteiger partial charge on any atom is -0.272 e. The van der Waals surface area contributed by atoms with E-state index in [1.54, 1.807) is 0 Å². The second kappa shape index (κ2) is 9.83. The average molecular weight is 313 g/mol. The van der Waals surface area contributed by atoms with E-state index in [-0.39, 0.29) is 5.91 Å². The van der Waals surface area contributed by atoms with E-state index in [0.717, 1.165) is 41.3 Å². The second-order valence-electron chi connectivity index (χ2n) is 4.57. The Hall–Kier alpha value is -1.00. The number of thioether (sulfide) groups is 1. The van der Waals surface area contributed by atoms with Crippen molar-refractivity contribution in [3.05, 3.63) is 34.9 Å². The first-order chi connectivity index (χ1) is 9.63. The zero-order chi connectivity index (χ0) is 14.8. The molecule has 0 aromatic heterocycles. The van der Waals surface area contributed by atoms with Crippen LogP contribution in [0, 0.1) is 0 Å². The minimum absolute atomic E-state index is 0.0714. The highest BCUT2D eigenvalue weighted by atomic mass is 35.5. The number of rotatable bonds is 8. The summed E-state index contributed by atoms with van der Waals surface area (Å²) in [6.07, 6.45) is 3.17. The standard InChI is InChI=1S/C15H21ClN2OS/c1-3-4-7-12(2)17-18-15(19)11-20-10-13-8-5-6-9-14(13)16/h5-6,8-9H,3-4,7,10-11H2,1-2H3,(H,18,19)/b17-12-. The van der Waals surface area contributed by atoms with Crippen LogP contribution in [0.15, 0.2) is 29.4 Å². The van der Waals surface area contributed by atoms with Gasteiger partial charge < -0.3 is 0 Å². The Kier molecular flexibility index (Phi) is 8.38. The molecule has 110 valence electrons. The number of nitrogens with zero attached hydrogens (tertiary/aromatic N) is 1. The number of unbranched alkanes of at least 4 members (excludes halogenated alkanes) is 1. The molecule has 0 aliphatic heterocycles. The van der Waals surface area contributed by atoms with Crippen molar-refractivity contribution in [2.75, 3.05) is 5.75 Å². The van der Waals surface area contributed by atoms with Gasteiger partial charge >= 0.3 is 0 Å². The molecule has 3 nitrogen and oxygen atoms in total. The highest BCUT2D eigenvalue weighted by molar-refractivity contribution is 7.99. The highest BCUT2D eigenvalue weighted by Gasteiger charge is 2.03. The summed E-state index contributed by atoms with van der Waals surface area (Å²) in [5, 5.41) is 4.83. The first-order valence-electron chi connectivity index (χ1n) is 6.76. The number of hydrogen-bond acceptors (Lipinski definition) is 3. The van der Waals surface area contributed by atoms with Crippen LogP contribution >= 0.6 is 23.4 Å². The van der Waals surface area contributed by atoms with Crippen molar-refractivity contribution in [1.29, 1.82) is 0 Å². The molecule has 0 spiro atoms. The van der Waals surface area contributed by atoms with Crippen LogP contribution in [-0.4, -0.2) is 17.4 Å². The second-order valence-corrected chi connectivity index (χ2v) is 5.96. The molecule has 1 aromatic rings. The van der Waals surface area contributed by atoms with Crippen LogP contribution in [0.5, 0.6) is 0 Å². The lowest BCUT2D eigenvalue weighted by molar-refractivity contribution is -0.118. The topological polar surface area (TPSA) is 41.5 Å². The molecule has 0 heterocycles. The molecule has 0 atom stereocenters. The maximum absolute atomic E-state index is 11.6. The zero-order valence-corrected chi connectivity index (χ0v) is 13.6. The summed E-state index contributed by atoms with van der Waals surface area (Å²) in [6.45, 7) is 4.07. The van der Waals surface area contributed by atoms with Crippen LogP contribution in [0.4, 0.5) is 0 Å². The Morgan fingerprint density at radius 2 is 2.15 bits per heavy atom. The molecule has 0 saturated carbocycles. The molecule has 0 radical (unpaired) electrons. The zero-order valence-electron chi connectivity index (χ0n) is 12.0. The van der Waals surface area contributed by atoms with Crippen molar-refractivity contribution in [3.63, 3.8) is 0 Å². The van der Waals surface area contributed by atoms with Gasteiger partial charge in [-0.15, -0.1) is 11.8 Å². The van der Waals surface area contributed by atoms with E-state index in [4.69, 9.17) is 11.6 Å². The van der Waals surface area contributed by atoms with E-state index in [2.05, 4.69) is 17.5 Å². The van der Waals surface area contributed by atoms with Crippen molar-refractivity contribution in [2.24, 2.45) is 5.10 Å². The minimum atomic E-state index is -0.0714. The summed E-state index contributed by atoms with van der Waals surface area (Å²) in [4.78, 5) is 11.6. The molecule has 1 rings (SSSR count). The van der Waals surface area contributed by atoms with Gasteiger partial charge in [-0.1, -0.05) is 43.1 Å². The van der Waals surface area contributed by atoms with Gasteiger partial charge in [-0.2, -0.15) is 5.10 Å². The number of carbonyl (C=O) groups is 1. The van der Waals surface area contributed by atoms with E-state index in [0.29, 0.717) is 5.75 Å². The Morgan fingerprint density at radius 1 is 1.40 bits per heavy atom. The molecule has 5 heteroatoms. The van der Waals surface area contributed by atoms with Crippen molar-refractivity contribution >= 4 is 35.0 Å². The number of benzene rings is 1. The summed E-state index contributed by atoms with van der Waals surface area (Å²) in [5.74, 6) is 1.04. The molecular weight excluding hydrogens is 292 g/mol. The molecular formula is C15H21ClN2OS. The Bertz CT molecular complexity index is 463. The molecule has 0 fully saturated rings. The van der Waals surface area contributed by atoms with Gasteiger partial charge in [-0.3, -0.25) is 4.79 Å². The number of nitrogens with one attached hydrogen (secondary N) is 1. The summed E-state index contributed by atoms with van der Waals surface area (Å²) in [5.41, 5.74) is 4.61. The fourth-order valence-corrected chi connectivity index (χ4v) is 2.65. The van der Waals surface area contributed by atoms with E-state index in [9.17, 15) is 4.79 Å². The highest BCUT2D eigenvalue weighted by Crippen LogP contribution is 2.20. The summed E-state index contributed by atoms with van der Waals surface area (Å²) in [7, 11) is 0. The SMILES string of the molecule is CCCC/C(C)=N\NC(=O)CSCc1ccccc1Cl. The molecule has 0 saturated heterocycles. The number of hydrogen-bond donors (Lipinski definition) is 1. The van der Waals surface area contributed by atoms with Crippen molar-refractivity contribution in [1.82, 2.24) is 5.43 Å². The smallest absolute Gasteiger partial charge is 0.250 e. The first-order valence-corrected chi connectivity index (χ1v) is 8.30. The van der Waals surface area contributed by atoms with Crippen molar-refractivity contribution < 1.29 is 4.79 Å². The molecule has 0 aliphatic rings. The van der Waals surface area contributed by atoms with E-state index in [1.165, 1.54) is 11.8 Å². The van der Waals surface area contributed by atoms with Crippen LogP contribution in [0.2, 0.25) is 5.02 Å². The van der Waals surface area contributed by atoms with Gasteiger partial charge in [0, 0.05) is 16.5 Å². The Balaban J connectivity index is 2.25. The van der Waals surface area contributed by atoms with Crippen LogP contribution in [0.25, 0.3) is 0 Å². The average Bonchev–Trinajstić information content (AvgIpc) is 2.45. The number of carbonyl (C=O) groups excluding carboxylic acids is 1. The third kappa shape index (κ3) is 6.96. The van der Waals surface area contributed by atoms with Gasteiger partial charge in [-0.05, 0) is 31.4 Å². The molecule has 1 aromatic carbocycles. The fourth-order valence-electron chi connectivity index (χ4n) is 1.55. The Labute approximate surface area is 130 Å². The van der Waals surface area contributed by atoms with Crippen LogP contribution < -0.4 is 5.43 Å². The van der Waals surface area contributed by atoms with Crippen LogP contribution in [0.1, 0.15) is 38.7 Å². The lowest BCUT2D eigenvalue weighted by Gasteiger charge is -2.04. The van der Waals surface area contributed by atoms with Gasteiger partial charge in [0.05, 0.1) is 5.75 Å². The maximum atomic E-state index is 11.6. The molecule has 0 bridgehead atoms. The predicted molar refractivity (Wildman–Crippen MR) is 88.4 cm³/mol. The van der Waals surface area contributed by atoms with Crippen molar-refractivity contribution in [3.8, 4) is 0 Å². The predicted octanol–water partition coefficient (Wildman–Crippen LogP) is 4.26. The van der Waals surface area contributed by atoms with Crippen molar-refractivity contribution in [2.45, 2.75) is 38.9 Å². The van der Waals surface area contributed by atoms with Crippen LogP contribution in [-0.2, 0) is 10.5 Å². The third-order valence-electron chi connectivity index (χ3n) is 2.71. The summed E-state index contributed by atoms with van der Waals surface area (Å²) in [6, 6.07) is 7.68. The van der Waals surface area contributed by atoms with E-state index in [1.807, 2.05) is 31.2 Å². The number of halogens is 1. The van der Waals surface area contributed by atoms with Gasteiger partial charge in [-0.25, -0.2) is 5.43 Å². The molecule has 1 amide bonds.